The van der Waals surface area contributed by atoms with Gasteiger partial charge in [0.25, 0.3) is 0 Å². The van der Waals surface area contributed by atoms with E-state index in [9.17, 15) is 0 Å². The van der Waals surface area contributed by atoms with Crippen molar-refractivity contribution in [2.24, 2.45) is 0 Å². The highest BCUT2D eigenvalue weighted by atomic mass is 14.7. The summed E-state index contributed by atoms with van der Waals surface area (Å²) in [4.78, 5) is 9.10. The van der Waals surface area contributed by atoms with Crippen molar-refractivity contribution in [3.8, 4) is 11.1 Å². The van der Waals surface area contributed by atoms with Crippen LogP contribution in [0.4, 0.5) is 5.69 Å². The minimum absolute atomic E-state index is 0.923. The summed E-state index contributed by atoms with van der Waals surface area (Å²) in [7, 11) is 0. The summed E-state index contributed by atoms with van der Waals surface area (Å²) in [6.45, 7) is 2.01. The molecule has 2 heterocycles. The van der Waals surface area contributed by atoms with Crippen LogP contribution in [0.25, 0.3) is 22.0 Å². The Balaban J connectivity index is 1.92. The van der Waals surface area contributed by atoms with Gasteiger partial charge < -0.3 is 5.73 Å². The molecule has 3 heteroatoms. The van der Waals surface area contributed by atoms with Crippen molar-refractivity contribution >= 4 is 16.6 Å². The van der Waals surface area contributed by atoms with Crippen LogP contribution in [0.1, 0.15) is 29.8 Å². The van der Waals surface area contributed by atoms with E-state index in [1.807, 2.05) is 19.2 Å². The molecule has 2 N–H and O–H groups in total. The largest absolute Gasteiger partial charge is 0.398 e. The van der Waals surface area contributed by atoms with Crippen molar-refractivity contribution in [1.82, 2.24) is 9.97 Å². The van der Waals surface area contributed by atoms with Crippen molar-refractivity contribution in [3.05, 3.63) is 53.5 Å². The molecule has 110 valence electrons. The average molecular weight is 289 g/mol. The van der Waals surface area contributed by atoms with E-state index in [1.165, 1.54) is 35.2 Å². The molecule has 0 unspecified atom stereocenters. The predicted octanol–water partition coefficient (Wildman–Crippen LogP) is 4.07. The molecule has 0 aliphatic heterocycles. The van der Waals surface area contributed by atoms with E-state index < -0.39 is 0 Å². The minimum atomic E-state index is 0.923. The smallest absolute Gasteiger partial charge is 0.0726 e. The number of rotatable bonds is 1. The van der Waals surface area contributed by atoms with E-state index in [1.54, 1.807) is 0 Å². The molecule has 0 amide bonds. The number of fused-ring (bicyclic) bond motifs is 2. The second-order valence-electron chi connectivity index (χ2n) is 6.08. The molecule has 0 saturated heterocycles. The standard InChI is InChI=1S/C19H19N3/c1-12-10-14(8-9-21-12)13-6-7-18-16(11-13)19(20)15-4-2-3-5-17(15)22-18/h6-11H,2-5H2,1H3,(H2,20,22). The number of anilines is 1. The summed E-state index contributed by atoms with van der Waals surface area (Å²) < 4.78 is 0. The quantitative estimate of drug-likeness (QED) is 0.734. The number of aryl methyl sites for hydroxylation is 2. The summed E-state index contributed by atoms with van der Waals surface area (Å²) in [6.07, 6.45) is 6.40. The molecule has 1 aliphatic carbocycles. The molecule has 1 aromatic carbocycles. The molecular formula is C19H19N3. The van der Waals surface area contributed by atoms with Gasteiger partial charge in [0.2, 0.25) is 0 Å². The second-order valence-corrected chi connectivity index (χ2v) is 6.08. The van der Waals surface area contributed by atoms with E-state index in [2.05, 4.69) is 29.2 Å². The Morgan fingerprint density at radius 1 is 1.00 bits per heavy atom. The van der Waals surface area contributed by atoms with Crippen molar-refractivity contribution in [3.63, 3.8) is 0 Å². The molecule has 3 aromatic rings. The number of nitrogen functional groups attached to an aromatic ring is 1. The molecule has 1 aliphatic rings. The van der Waals surface area contributed by atoms with Gasteiger partial charge in [-0.1, -0.05) is 6.07 Å². The van der Waals surface area contributed by atoms with Gasteiger partial charge in [-0.3, -0.25) is 9.97 Å². The van der Waals surface area contributed by atoms with Crippen molar-refractivity contribution in [2.45, 2.75) is 32.6 Å². The monoisotopic (exact) mass is 289 g/mol. The average Bonchev–Trinajstić information content (AvgIpc) is 2.55. The third-order valence-electron chi connectivity index (χ3n) is 4.54. The van der Waals surface area contributed by atoms with Crippen LogP contribution in [0.3, 0.4) is 0 Å². The Morgan fingerprint density at radius 3 is 2.68 bits per heavy atom. The first-order valence-corrected chi connectivity index (χ1v) is 7.86. The van der Waals surface area contributed by atoms with Crippen LogP contribution in [0.15, 0.2) is 36.5 Å². The number of pyridine rings is 2. The zero-order valence-electron chi connectivity index (χ0n) is 12.8. The lowest BCUT2D eigenvalue weighted by molar-refractivity contribution is 0.673. The zero-order chi connectivity index (χ0) is 15.1. The van der Waals surface area contributed by atoms with Gasteiger partial charge >= 0.3 is 0 Å². The van der Waals surface area contributed by atoms with Gasteiger partial charge in [-0.05, 0) is 73.6 Å². The molecule has 4 rings (SSSR count). The van der Waals surface area contributed by atoms with E-state index >= 15 is 0 Å². The molecule has 3 nitrogen and oxygen atoms in total. The lowest BCUT2D eigenvalue weighted by Gasteiger charge is -2.19. The molecule has 0 fully saturated rings. The molecule has 0 spiro atoms. The van der Waals surface area contributed by atoms with Crippen LogP contribution in [-0.4, -0.2) is 9.97 Å². The van der Waals surface area contributed by atoms with Gasteiger partial charge in [-0.15, -0.1) is 0 Å². The second kappa shape index (κ2) is 5.09. The fourth-order valence-electron chi connectivity index (χ4n) is 3.36. The number of benzene rings is 1. The Morgan fingerprint density at radius 2 is 1.82 bits per heavy atom. The van der Waals surface area contributed by atoms with Gasteiger partial charge in [0, 0.05) is 28.7 Å². The van der Waals surface area contributed by atoms with Gasteiger partial charge in [0.05, 0.1) is 5.52 Å². The number of aromatic nitrogens is 2. The van der Waals surface area contributed by atoms with Gasteiger partial charge in [-0.2, -0.15) is 0 Å². The number of hydrogen-bond acceptors (Lipinski definition) is 3. The fourth-order valence-corrected chi connectivity index (χ4v) is 3.36. The topological polar surface area (TPSA) is 51.8 Å². The van der Waals surface area contributed by atoms with Gasteiger partial charge in [0.15, 0.2) is 0 Å². The summed E-state index contributed by atoms with van der Waals surface area (Å²) in [5.74, 6) is 0. The number of nitrogens with zero attached hydrogens (tertiary/aromatic N) is 2. The predicted molar refractivity (Wildman–Crippen MR) is 90.8 cm³/mol. The molecular weight excluding hydrogens is 270 g/mol. The fraction of sp³-hybridized carbons (Fsp3) is 0.263. The normalized spacial score (nSPS) is 14.0. The summed E-state index contributed by atoms with van der Waals surface area (Å²) in [5, 5.41) is 1.08. The van der Waals surface area contributed by atoms with E-state index in [0.29, 0.717) is 0 Å². The lowest BCUT2D eigenvalue weighted by Crippen LogP contribution is -2.09. The zero-order valence-corrected chi connectivity index (χ0v) is 12.8. The van der Waals surface area contributed by atoms with Gasteiger partial charge in [-0.25, -0.2) is 0 Å². The SMILES string of the molecule is Cc1cc(-c2ccc3nc4c(c(N)c3c2)CCCC4)ccn1. The third-order valence-corrected chi connectivity index (χ3v) is 4.54. The summed E-state index contributed by atoms with van der Waals surface area (Å²) >= 11 is 0. The first-order chi connectivity index (χ1) is 10.7. The lowest BCUT2D eigenvalue weighted by atomic mass is 9.92. The van der Waals surface area contributed by atoms with Gasteiger partial charge in [0.1, 0.15) is 0 Å². The third kappa shape index (κ3) is 2.13. The van der Waals surface area contributed by atoms with Crippen LogP contribution < -0.4 is 5.73 Å². The Kier molecular flexibility index (Phi) is 3.07. The molecule has 0 radical (unpaired) electrons. The van der Waals surface area contributed by atoms with Crippen LogP contribution in [0.2, 0.25) is 0 Å². The molecule has 22 heavy (non-hydrogen) atoms. The number of hydrogen-bond donors (Lipinski definition) is 1. The highest BCUT2D eigenvalue weighted by molar-refractivity contribution is 5.95. The maximum atomic E-state index is 6.46. The van der Waals surface area contributed by atoms with E-state index in [4.69, 9.17) is 10.7 Å². The van der Waals surface area contributed by atoms with Crippen LogP contribution >= 0.6 is 0 Å². The highest BCUT2D eigenvalue weighted by Gasteiger charge is 2.16. The maximum Gasteiger partial charge on any atom is 0.0726 e. The first kappa shape index (κ1) is 13.3. The first-order valence-electron chi connectivity index (χ1n) is 7.86. The van der Waals surface area contributed by atoms with E-state index in [-0.39, 0.29) is 0 Å². The summed E-state index contributed by atoms with van der Waals surface area (Å²) in [6, 6.07) is 10.5. The maximum absolute atomic E-state index is 6.46. The van der Waals surface area contributed by atoms with Crippen LogP contribution in [-0.2, 0) is 12.8 Å². The molecule has 0 bridgehead atoms. The van der Waals surface area contributed by atoms with Crippen molar-refractivity contribution in [1.29, 1.82) is 0 Å². The molecule has 0 atom stereocenters. The Bertz CT molecular complexity index is 868. The number of nitrogens with two attached hydrogens (primary N) is 1. The molecule has 2 aromatic heterocycles. The highest BCUT2D eigenvalue weighted by Crippen LogP contribution is 2.33. The molecule has 0 saturated carbocycles. The van der Waals surface area contributed by atoms with Crippen LogP contribution in [0, 0.1) is 6.92 Å². The summed E-state index contributed by atoms with van der Waals surface area (Å²) in [5.41, 5.74) is 14.2. The van der Waals surface area contributed by atoms with Crippen molar-refractivity contribution in [2.75, 3.05) is 5.73 Å². The Hall–Kier alpha value is -2.42. The Labute approximate surface area is 130 Å². The van der Waals surface area contributed by atoms with E-state index in [0.717, 1.165) is 35.1 Å². The van der Waals surface area contributed by atoms with Crippen LogP contribution in [0.5, 0.6) is 0 Å². The van der Waals surface area contributed by atoms with Crippen molar-refractivity contribution < 1.29 is 0 Å². The minimum Gasteiger partial charge on any atom is -0.398 e.